The van der Waals surface area contributed by atoms with Crippen LogP contribution in [0.3, 0.4) is 0 Å². The van der Waals surface area contributed by atoms with Crippen LogP contribution in [0.5, 0.6) is 5.75 Å². The molecule has 6 nitrogen and oxygen atoms in total. The summed E-state index contributed by atoms with van der Waals surface area (Å²) in [5.41, 5.74) is 4.51. The highest BCUT2D eigenvalue weighted by atomic mass is 19.1. The molecule has 0 fully saturated rings. The molecule has 3 aromatic carbocycles. The lowest BCUT2D eigenvalue weighted by Gasteiger charge is -2.26. The first-order valence-corrected chi connectivity index (χ1v) is 8.83. The third-order valence-electron chi connectivity index (χ3n) is 4.96. The molecule has 2 N–H and O–H groups in total. The third-order valence-corrected chi connectivity index (χ3v) is 4.96. The molecule has 1 amide bonds. The van der Waals surface area contributed by atoms with Gasteiger partial charge in [-0.05, 0) is 54.1 Å². The second kappa shape index (κ2) is 6.16. The second-order valence-corrected chi connectivity index (χ2v) is 6.76. The number of halogens is 1. The van der Waals surface area contributed by atoms with Gasteiger partial charge in [0, 0.05) is 23.6 Å². The first kappa shape index (κ1) is 16.4. The van der Waals surface area contributed by atoms with E-state index in [1.807, 2.05) is 18.2 Å². The van der Waals surface area contributed by atoms with Gasteiger partial charge >= 0.3 is 0 Å². The van der Waals surface area contributed by atoms with Gasteiger partial charge in [0.15, 0.2) is 0 Å². The molecule has 28 heavy (non-hydrogen) atoms. The Hall–Kier alpha value is -3.74. The Morgan fingerprint density at radius 2 is 1.75 bits per heavy atom. The molecule has 1 aliphatic heterocycles. The number of nitrogens with one attached hydrogen (secondary N) is 1. The van der Waals surface area contributed by atoms with Crippen LogP contribution in [0.25, 0.3) is 16.7 Å². The fraction of sp³-hybridized carbons (Fsp3) is 0.0952. The van der Waals surface area contributed by atoms with Gasteiger partial charge < -0.3 is 10.4 Å². The number of nitrogens with zero attached hydrogens (tertiary/aromatic N) is 3. The summed E-state index contributed by atoms with van der Waals surface area (Å²) < 4.78 is 13.2. The van der Waals surface area contributed by atoms with Crippen molar-refractivity contribution >= 4 is 22.6 Å². The molecule has 0 bridgehead atoms. The highest BCUT2D eigenvalue weighted by Crippen LogP contribution is 2.41. The summed E-state index contributed by atoms with van der Waals surface area (Å²) in [5.74, 6) is -0.431. The molecule has 1 aromatic heterocycles. The number of aromatic nitrogens is 3. The lowest BCUT2D eigenvalue weighted by Crippen LogP contribution is -2.23. The zero-order valence-electron chi connectivity index (χ0n) is 14.6. The third kappa shape index (κ3) is 2.68. The second-order valence-electron chi connectivity index (χ2n) is 6.76. The van der Waals surface area contributed by atoms with Gasteiger partial charge in [-0.3, -0.25) is 4.79 Å². The molecule has 5 rings (SSSR count). The van der Waals surface area contributed by atoms with E-state index in [9.17, 15) is 14.3 Å². The molecular formula is C21H15FN4O2. The van der Waals surface area contributed by atoms with Gasteiger partial charge in [0.05, 0.1) is 5.69 Å². The van der Waals surface area contributed by atoms with Gasteiger partial charge in [-0.2, -0.15) is 4.80 Å². The Morgan fingerprint density at radius 3 is 2.50 bits per heavy atom. The van der Waals surface area contributed by atoms with Crippen LogP contribution in [-0.4, -0.2) is 26.0 Å². The summed E-state index contributed by atoms with van der Waals surface area (Å²) >= 11 is 0. The summed E-state index contributed by atoms with van der Waals surface area (Å²) in [7, 11) is 0. The molecule has 0 unspecified atom stereocenters. The summed E-state index contributed by atoms with van der Waals surface area (Å²) in [6.45, 7) is 0. The van der Waals surface area contributed by atoms with Crippen LogP contribution in [0.15, 0.2) is 60.7 Å². The van der Waals surface area contributed by atoms with E-state index in [-0.39, 0.29) is 29.8 Å². The molecule has 1 aliphatic rings. The van der Waals surface area contributed by atoms with Crippen molar-refractivity contribution in [3.63, 3.8) is 0 Å². The smallest absolute Gasteiger partial charge is 0.225 e. The number of hydrogen-bond donors (Lipinski definition) is 2. The number of phenolic OH excluding ortho intramolecular Hbond substituents is 1. The Balaban J connectivity index is 1.69. The van der Waals surface area contributed by atoms with Crippen LogP contribution >= 0.6 is 0 Å². The first-order valence-electron chi connectivity index (χ1n) is 8.83. The van der Waals surface area contributed by atoms with Gasteiger partial charge in [-0.1, -0.05) is 12.1 Å². The van der Waals surface area contributed by atoms with Crippen LogP contribution in [0.2, 0.25) is 0 Å². The van der Waals surface area contributed by atoms with Crippen LogP contribution in [0, 0.1) is 5.82 Å². The number of carbonyl (C=O) groups excluding carboxylic acids is 1. The molecule has 138 valence electrons. The minimum atomic E-state index is -0.326. The highest BCUT2D eigenvalue weighted by Gasteiger charge is 2.30. The van der Waals surface area contributed by atoms with Gasteiger partial charge in [0.1, 0.15) is 22.6 Å². The van der Waals surface area contributed by atoms with E-state index in [1.165, 1.54) is 16.9 Å². The Bertz CT molecular complexity index is 1200. The number of carbonyl (C=O) groups is 1. The van der Waals surface area contributed by atoms with E-state index < -0.39 is 0 Å². The normalized spacial score (nSPS) is 16.0. The number of phenols is 1. The zero-order chi connectivity index (χ0) is 19.3. The Labute approximate surface area is 159 Å². The van der Waals surface area contributed by atoms with E-state index in [1.54, 1.807) is 30.3 Å². The molecule has 7 heteroatoms. The fourth-order valence-electron chi connectivity index (χ4n) is 3.63. The maximum Gasteiger partial charge on any atom is 0.225 e. The van der Waals surface area contributed by atoms with Crippen molar-refractivity contribution in [1.82, 2.24) is 15.0 Å². The average Bonchev–Trinajstić information content (AvgIpc) is 3.12. The van der Waals surface area contributed by atoms with Crippen LogP contribution in [0.4, 0.5) is 10.1 Å². The van der Waals surface area contributed by atoms with Crippen molar-refractivity contribution in [3.05, 3.63) is 77.6 Å². The molecule has 0 saturated heterocycles. The minimum absolute atomic E-state index is 0.0733. The molecule has 4 aromatic rings. The predicted molar refractivity (Wildman–Crippen MR) is 102 cm³/mol. The lowest BCUT2D eigenvalue weighted by molar-refractivity contribution is -0.116. The van der Waals surface area contributed by atoms with E-state index in [2.05, 4.69) is 15.5 Å². The van der Waals surface area contributed by atoms with Crippen LogP contribution in [0.1, 0.15) is 23.5 Å². The minimum Gasteiger partial charge on any atom is -0.508 e. The predicted octanol–water partition coefficient (Wildman–Crippen LogP) is 3.74. The molecule has 0 spiro atoms. The number of benzene rings is 3. The van der Waals surface area contributed by atoms with Gasteiger partial charge in [-0.25, -0.2) is 4.39 Å². The SMILES string of the molecule is O=C1C[C@@H](c2ccc(O)cc2)c2c(ccc3nn(-c4ccc(F)cc4)nc23)N1. The Kier molecular flexibility index (Phi) is 3.61. The standard InChI is InChI=1S/C21H15FN4O2/c22-13-3-5-14(6-4-13)26-24-18-10-9-17-20(21(18)25-26)16(11-19(28)23-17)12-1-7-15(27)8-2-12/h1-10,16,27H,11H2,(H,23,28)/t16-/m0/s1. The molecule has 0 saturated carbocycles. The average molecular weight is 374 g/mol. The fourth-order valence-corrected chi connectivity index (χ4v) is 3.63. The number of amides is 1. The topological polar surface area (TPSA) is 80.0 Å². The number of rotatable bonds is 2. The Morgan fingerprint density at radius 1 is 1.00 bits per heavy atom. The maximum absolute atomic E-state index is 13.2. The summed E-state index contributed by atoms with van der Waals surface area (Å²) in [6.07, 6.45) is 0.278. The molecule has 1 atom stereocenters. The molecule has 0 radical (unpaired) electrons. The van der Waals surface area contributed by atoms with Gasteiger partial charge in [0.2, 0.25) is 5.91 Å². The van der Waals surface area contributed by atoms with Crippen molar-refractivity contribution in [2.75, 3.05) is 5.32 Å². The molecule has 0 aliphatic carbocycles. The van der Waals surface area contributed by atoms with Crippen molar-refractivity contribution in [2.24, 2.45) is 0 Å². The monoisotopic (exact) mass is 374 g/mol. The lowest BCUT2D eigenvalue weighted by atomic mass is 9.84. The van der Waals surface area contributed by atoms with Crippen molar-refractivity contribution in [2.45, 2.75) is 12.3 Å². The summed E-state index contributed by atoms with van der Waals surface area (Å²) in [5, 5.41) is 21.6. The highest BCUT2D eigenvalue weighted by molar-refractivity contribution is 5.99. The van der Waals surface area contributed by atoms with Crippen LogP contribution in [-0.2, 0) is 4.79 Å². The van der Waals surface area contributed by atoms with Gasteiger partial charge in [-0.15, -0.1) is 10.2 Å². The summed E-state index contributed by atoms with van der Waals surface area (Å²) in [6, 6.07) is 16.4. The summed E-state index contributed by atoms with van der Waals surface area (Å²) in [4.78, 5) is 13.7. The van der Waals surface area contributed by atoms with E-state index in [0.29, 0.717) is 22.4 Å². The number of fused-ring (bicyclic) bond motifs is 3. The van der Waals surface area contributed by atoms with Gasteiger partial charge in [0.25, 0.3) is 0 Å². The van der Waals surface area contributed by atoms with Crippen molar-refractivity contribution in [3.8, 4) is 11.4 Å². The first-order chi connectivity index (χ1) is 13.6. The number of anilines is 1. The molecule has 2 heterocycles. The number of aromatic hydroxyl groups is 1. The van der Waals surface area contributed by atoms with Crippen molar-refractivity contribution < 1.29 is 14.3 Å². The van der Waals surface area contributed by atoms with Crippen LogP contribution < -0.4 is 5.32 Å². The number of hydrogen-bond acceptors (Lipinski definition) is 4. The van der Waals surface area contributed by atoms with E-state index >= 15 is 0 Å². The largest absolute Gasteiger partial charge is 0.508 e. The van der Waals surface area contributed by atoms with Crippen molar-refractivity contribution in [1.29, 1.82) is 0 Å². The maximum atomic E-state index is 13.2. The zero-order valence-corrected chi connectivity index (χ0v) is 14.6. The quantitative estimate of drug-likeness (QED) is 0.560. The molecular weight excluding hydrogens is 359 g/mol. The van der Waals surface area contributed by atoms with E-state index in [0.717, 1.165) is 11.1 Å². The van der Waals surface area contributed by atoms with E-state index in [4.69, 9.17) is 0 Å².